The molecule has 1 aromatic carbocycles. The molecule has 0 saturated carbocycles. The van der Waals surface area contributed by atoms with Crippen molar-refractivity contribution in [3.8, 4) is 0 Å². The topological polar surface area (TPSA) is 29.1 Å². The van der Waals surface area contributed by atoms with E-state index in [4.69, 9.17) is 0 Å². The smallest absolute Gasteiger partial charge is 0.351 e. The average molecular weight is 305 g/mol. The van der Waals surface area contributed by atoms with E-state index in [0.29, 0.717) is 6.07 Å². The second-order valence-electron chi connectivity index (χ2n) is 5.99. The van der Waals surface area contributed by atoms with Crippen molar-refractivity contribution < 1.29 is 22.4 Å². The molecule has 0 saturated heterocycles. The van der Waals surface area contributed by atoms with Gasteiger partial charge in [0.25, 0.3) is 5.91 Å². The van der Waals surface area contributed by atoms with Crippen LogP contribution >= 0.6 is 0 Å². The van der Waals surface area contributed by atoms with Gasteiger partial charge in [0.15, 0.2) is 0 Å². The van der Waals surface area contributed by atoms with E-state index in [0.717, 1.165) is 12.1 Å². The van der Waals surface area contributed by atoms with Crippen LogP contribution in [0.2, 0.25) is 0 Å². The lowest BCUT2D eigenvalue weighted by Crippen LogP contribution is -2.37. The highest BCUT2D eigenvalue weighted by Gasteiger charge is 2.35. The summed E-state index contributed by atoms with van der Waals surface area (Å²) in [7, 11) is 0. The standard InChI is InChI=1S/C15H19F4NO/c1-9(2)14(3,4)8-20-13(21)10-6-5-7-11(12(10)16)15(17,18)19/h5-7,9H,8H2,1-4H3,(H,20,21). The number of carbonyl (C=O) groups excluding carboxylic acids is 1. The minimum atomic E-state index is -4.82. The molecule has 6 heteroatoms. The third kappa shape index (κ3) is 4.19. The van der Waals surface area contributed by atoms with Gasteiger partial charge in [0.2, 0.25) is 0 Å². The summed E-state index contributed by atoms with van der Waals surface area (Å²) in [5, 5.41) is 2.49. The number of benzene rings is 1. The number of carbonyl (C=O) groups is 1. The molecule has 0 spiro atoms. The molecule has 0 aliphatic heterocycles. The Morgan fingerprint density at radius 1 is 1.24 bits per heavy atom. The molecule has 2 nitrogen and oxygen atoms in total. The van der Waals surface area contributed by atoms with Crippen molar-refractivity contribution in [1.82, 2.24) is 5.32 Å². The zero-order chi connectivity index (χ0) is 16.4. The predicted molar refractivity (Wildman–Crippen MR) is 72.4 cm³/mol. The van der Waals surface area contributed by atoms with Crippen molar-refractivity contribution >= 4 is 5.91 Å². The van der Waals surface area contributed by atoms with Gasteiger partial charge in [-0.3, -0.25) is 4.79 Å². The Labute approximate surface area is 121 Å². The summed E-state index contributed by atoms with van der Waals surface area (Å²) < 4.78 is 51.6. The van der Waals surface area contributed by atoms with E-state index in [-0.39, 0.29) is 17.9 Å². The molecular formula is C15H19F4NO. The molecule has 0 aliphatic carbocycles. The van der Waals surface area contributed by atoms with E-state index < -0.39 is 29.0 Å². The number of hydrogen-bond donors (Lipinski definition) is 1. The molecule has 21 heavy (non-hydrogen) atoms. The van der Waals surface area contributed by atoms with E-state index in [1.165, 1.54) is 0 Å². The highest BCUT2D eigenvalue weighted by atomic mass is 19.4. The summed E-state index contributed by atoms with van der Waals surface area (Å²) in [6.45, 7) is 8.02. The number of rotatable bonds is 4. The number of nitrogens with one attached hydrogen (secondary N) is 1. The van der Waals surface area contributed by atoms with Gasteiger partial charge in [-0.05, 0) is 23.5 Å². The SMILES string of the molecule is CC(C)C(C)(C)CNC(=O)c1cccc(C(F)(F)F)c1F. The Kier molecular flexibility index (Phi) is 5.02. The molecule has 0 bridgehead atoms. The highest BCUT2D eigenvalue weighted by Crippen LogP contribution is 2.32. The van der Waals surface area contributed by atoms with Gasteiger partial charge in [-0.15, -0.1) is 0 Å². The Bertz CT molecular complexity index is 521. The molecule has 0 fully saturated rings. The van der Waals surface area contributed by atoms with Crippen LogP contribution in [0.5, 0.6) is 0 Å². The largest absolute Gasteiger partial charge is 0.419 e. The molecular weight excluding hydrogens is 286 g/mol. The normalized spacial score (nSPS) is 12.6. The number of amides is 1. The van der Waals surface area contributed by atoms with Crippen LogP contribution in [0.15, 0.2) is 18.2 Å². The molecule has 118 valence electrons. The van der Waals surface area contributed by atoms with Crippen LogP contribution in [0.4, 0.5) is 17.6 Å². The first-order valence-corrected chi connectivity index (χ1v) is 6.60. The summed E-state index contributed by atoms with van der Waals surface area (Å²) in [6.07, 6.45) is -4.82. The predicted octanol–water partition coefficient (Wildman–Crippen LogP) is 4.26. The van der Waals surface area contributed by atoms with Crippen LogP contribution in [-0.2, 0) is 6.18 Å². The van der Waals surface area contributed by atoms with Crippen molar-refractivity contribution in [2.24, 2.45) is 11.3 Å². The summed E-state index contributed by atoms with van der Waals surface area (Å²) in [5.74, 6) is -2.12. The summed E-state index contributed by atoms with van der Waals surface area (Å²) >= 11 is 0. The van der Waals surface area contributed by atoms with Crippen molar-refractivity contribution in [3.63, 3.8) is 0 Å². The third-order valence-electron chi connectivity index (χ3n) is 3.82. The lowest BCUT2D eigenvalue weighted by molar-refractivity contribution is -0.140. The Balaban J connectivity index is 2.95. The van der Waals surface area contributed by atoms with E-state index >= 15 is 0 Å². The first kappa shape index (κ1) is 17.5. The maximum absolute atomic E-state index is 13.8. The minimum absolute atomic E-state index is 0.242. The van der Waals surface area contributed by atoms with Gasteiger partial charge in [0.05, 0.1) is 11.1 Å². The fraction of sp³-hybridized carbons (Fsp3) is 0.533. The molecule has 0 aliphatic rings. The molecule has 1 N–H and O–H groups in total. The van der Waals surface area contributed by atoms with Crippen molar-refractivity contribution in [3.05, 3.63) is 35.1 Å². The summed E-state index contributed by atoms with van der Waals surface area (Å²) in [6, 6.07) is 2.68. The molecule has 1 amide bonds. The molecule has 0 heterocycles. The highest BCUT2D eigenvalue weighted by molar-refractivity contribution is 5.94. The van der Waals surface area contributed by atoms with E-state index in [1.54, 1.807) is 0 Å². The number of hydrogen-bond acceptors (Lipinski definition) is 1. The Morgan fingerprint density at radius 3 is 2.29 bits per heavy atom. The second kappa shape index (κ2) is 6.03. The van der Waals surface area contributed by atoms with Crippen LogP contribution in [0.25, 0.3) is 0 Å². The van der Waals surface area contributed by atoms with E-state index in [9.17, 15) is 22.4 Å². The monoisotopic (exact) mass is 305 g/mol. The molecule has 1 aromatic rings. The van der Waals surface area contributed by atoms with Crippen molar-refractivity contribution in [2.45, 2.75) is 33.9 Å². The average Bonchev–Trinajstić information content (AvgIpc) is 2.34. The van der Waals surface area contributed by atoms with Crippen molar-refractivity contribution in [1.29, 1.82) is 0 Å². The van der Waals surface area contributed by atoms with E-state index in [2.05, 4.69) is 5.32 Å². The van der Waals surface area contributed by atoms with Gasteiger partial charge in [0.1, 0.15) is 5.82 Å². The second-order valence-corrected chi connectivity index (χ2v) is 5.99. The molecule has 1 rings (SSSR count). The molecule has 0 atom stereocenters. The molecule has 0 aromatic heterocycles. The first-order chi connectivity index (χ1) is 9.47. The maximum Gasteiger partial charge on any atom is 0.419 e. The molecule has 0 radical (unpaired) electrons. The molecule has 0 unspecified atom stereocenters. The lowest BCUT2D eigenvalue weighted by Gasteiger charge is -2.29. The van der Waals surface area contributed by atoms with Crippen LogP contribution in [0.1, 0.15) is 43.6 Å². The Hall–Kier alpha value is -1.59. The maximum atomic E-state index is 13.8. The summed E-state index contributed by atoms with van der Waals surface area (Å²) in [4.78, 5) is 11.9. The van der Waals surface area contributed by atoms with Crippen LogP contribution in [0, 0.1) is 17.2 Å². The summed E-state index contributed by atoms with van der Waals surface area (Å²) in [5.41, 5.74) is -2.27. The van der Waals surface area contributed by atoms with Gasteiger partial charge >= 0.3 is 6.18 Å². The van der Waals surface area contributed by atoms with Gasteiger partial charge in [-0.2, -0.15) is 13.2 Å². The van der Waals surface area contributed by atoms with Crippen LogP contribution < -0.4 is 5.32 Å². The van der Waals surface area contributed by atoms with E-state index in [1.807, 2.05) is 27.7 Å². The lowest BCUT2D eigenvalue weighted by atomic mass is 9.81. The van der Waals surface area contributed by atoms with Crippen LogP contribution in [0.3, 0.4) is 0 Å². The fourth-order valence-electron chi connectivity index (χ4n) is 1.53. The van der Waals surface area contributed by atoms with Gasteiger partial charge < -0.3 is 5.32 Å². The quantitative estimate of drug-likeness (QED) is 0.828. The zero-order valence-electron chi connectivity index (χ0n) is 12.4. The van der Waals surface area contributed by atoms with Crippen molar-refractivity contribution in [2.75, 3.05) is 6.54 Å². The number of halogens is 4. The van der Waals surface area contributed by atoms with Gasteiger partial charge in [0, 0.05) is 6.54 Å². The number of alkyl halides is 3. The Morgan fingerprint density at radius 2 is 1.81 bits per heavy atom. The third-order valence-corrected chi connectivity index (χ3v) is 3.82. The minimum Gasteiger partial charge on any atom is -0.351 e. The van der Waals surface area contributed by atoms with Crippen LogP contribution in [-0.4, -0.2) is 12.5 Å². The van der Waals surface area contributed by atoms with Gasteiger partial charge in [-0.1, -0.05) is 33.8 Å². The zero-order valence-corrected chi connectivity index (χ0v) is 12.4. The fourth-order valence-corrected chi connectivity index (χ4v) is 1.53. The first-order valence-electron chi connectivity index (χ1n) is 6.60. The van der Waals surface area contributed by atoms with Gasteiger partial charge in [-0.25, -0.2) is 4.39 Å².